The van der Waals surface area contributed by atoms with Crippen molar-refractivity contribution in [1.82, 2.24) is 0 Å². The number of nitrogens with zero attached hydrogens (tertiary/aromatic N) is 1. The smallest absolute Gasteiger partial charge is 0.275 e. The van der Waals surface area contributed by atoms with E-state index in [1.165, 1.54) is 68.8 Å². The van der Waals surface area contributed by atoms with E-state index < -0.39 is 32.2 Å². The first kappa shape index (κ1) is 22.0. The molecule has 0 aliphatic rings. The van der Waals surface area contributed by atoms with Crippen LogP contribution in [-0.4, -0.2) is 34.8 Å². The molecule has 0 bridgehead atoms. The lowest BCUT2D eigenvalue weighted by molar-refractivity contribution is 0.100. The van der Waals surface area contributed by atoms with Gasteiger partial charge in [-0.05, 0) is 48.5 Å². The molecule has 9 heteroatoms. The van der Waals surface area contributed by atoms with E-state index in [-0.39, 0.29) is 17.0 Å². The summed E-state index contributed by atoms with van der Waals surface area (Å²) >= 11 is 0. The maximum Gasteiger partial charge on any atom is 0.275 e. The molecule has 0 aromatic heterocycles. The lowest BCUT2D eigenvalue weighted by atomic mass is 10.2. The molecule has 0 unspecified atom stereocenters. The normalized spacial score (nSPS) is 10.9. The Morgan fingerprint density at radius 2 is 1.55 bits per heavy atom. The molecule has 7 nitrogen and oxygen atoms in total. The molecule has 0 aliphatic heterocycles. The van der Waals surface area contributed by atoms with E-state index in [1.54, 1.807) is 0 Å². The van der Waals surface area contributed by atoms with Gasteiger partial charge in [-0.3, -0.25) is 9.59 Å². The lowest BCUT2D eigenvalue weighted by Crippen LogP contribution is -2.38. The Hall–Kier alpha value is -3.72. The number of hydrogen-bond acceptors (Lipinski definition) is 6. The molecular formula is C22H18FNO6S. The molecule has 0 heterocycles. The predicted molar refractivity (Wildman–Crippen MR) is 112 cm³/mol. The summed E-state index contributed by atoms with van der Waals surface area (Å²) in [5.41, 5.74) is -0.688. The zero-order valence-electron chi connectivity index (χ0n) is 16.6. The van der Waals surface area contributed by atoms with Crippen molar-refractivity contribution in [2.24, 2.45) is 0 Å². The van der Waals surface area contributed by atoms with E-state index in [2.05, 4.69) is 0 Å². The highest BCUT2D eigenvalue weighted by molar-refractivity contribution is 7.93. The maximum atomic E-state index is 14.4. The summed E-state index contributed by atoms with van der Waals surface area (Å²) in [6.45, 7) is 0. The van der Waals surface area contributed by atoms with Crippen LogP contribution in [0.15, 0.2) is 71.6 Å². The van der Waals surface area contributed by atoms with Crippen LogP contribution in [0.4, 0.5) is 10.1 Å². The molecule has 0 N–H and O–H groups in total. The molecule has 0 saturated carbocycles. The fourth-order valence-electron chi connectivity index (χ4n) is 2.89. The topological polar surface area (TPSA) is 90.0 Å². The summed E-state index contributed by atoms with van der Waals surface area (Å²) in [7, 11) is -1.89. The number of ether oxygens (including phenoxy) is 2. The largest absolute Gasteiger partial charge is 0.497 e. The third-order valence-electron chi connectivity index (χ3n) is 4.46. The fourth-order valence-corrected chi connectivity index (χ4v) is 4.48. The minimum Gasteiger partial charge on any atom is -0.497 e. The average Bonchev–Trinajstić information content (AvgIpc) is 2.79. The third-order valence-corrected chi connectivity index (χ3v) is 6.23. The van der Waals surface area contributed by atoms with E-state index in [1.807, 2.05) is 0 Å². The van der Waals surface area contributed by atoms with E-state index in [0.29, 0.717) is 16.3 Å². The SMILES string of the molecule is COc1ccc(N(C(=O)c2ccccc2F)S(=O)(=O)c2cc(OC)ccc2C=O)cc1. The van der Waals surface area contributed by atoms with Crippen molar-refractivity contribution in [1.29, 1.82) is 0 Å². The van der Waals surface area contributed by atoms with E-state index >= 15 is 0 Å². The van der Waals surface area contributed by atoms with Crippen LogP contribution in [0.2, 0.25) is 0 Å². The predicted octanol–water partition coefficient (Wildman–Crippen LogP) is 3.69. The number of carbonyl (C=O) groups is 2. The number of methoxy groups -OCH3 is 2. The summed E-state index contributed by atoms with van der Waals surface area (Å²) in [6.07, 6.45) is 0.353. The number of anilines is 1. The second-order valence-electron chi connectivity index (χ2n) is 6.27. The van der Waals surface area contributed by atoms with E-state index in [9.17, 15) is 22.4 Å². The number of sulfonamides is 1. The molecular weight excluding hydrogens is 425 g/mol. The van der Waals surface area contributed by atoms with Crippen molar-refractivity contribution < 1.29 is 31.9 Å². The van der Waals surface area contributed by atoms with Gasteiger partial charge in [0.05, 0.1) is 25.5 Å². The molecule has 0 radical (unpaired) electrons. The zero-order chi connectivity index (χ0) is 22.6. The van der Waals surface area contributed by atoms with Crippen molar-refractivity contribution in [3.63, 3.8) is 0 Å². The van der Waals surface area contributed by atoms with Crippen LogP contribution in [0.1, 0.15) is 20.7 Å². The van der Waals surface area contributed by atoms with Crippen LogP contribution < -0.4 is 13.8 Å². The Morgan fingerprint density at radius 3 is 2.13 bits per heavy atom. The number of halogens is 1. The van der Waals surface area contributed by atoms with Crippen LogP contribution in [0, 0.1) is 5.82 Å². The Morgan fingerprint density at radius 1 is 0.935 bits per heavy atom. The van der Waals surface area contributed by atoms with Gasteiger partial charge in [-0.25, -0.2) is 12.8 Å². The van der Waals surface area contributed by atoms with Crippen molar-refractivity contribution in [2.75, 3.05) is 18.5 Å². The monoisotopic (exact) mass is 443 g/mol. The van der Waals surface area contributed by atoms with Gasteiger partial charge in [0.2, 0.25) is 0 Å². The van der Waals surface area contributed by atoms with Crippen molar-refractivity contribution >= 4 is 27.9 Å². The Bertz CT molecular complexity index is 1230. The van der Waals surface area contributed by atoms with Crippen LogP contribution in [-0.2, 0) is 10.0 Å². The highest BCUT2D eigenvalue weighted by Crippen LogP contribution is 2.31. The first-order chi connectivity index (χ1) is 14.8. The lowest BCUT2D eigenvalue weighted by Gasteiger charge is -2.24. The molecule has 0 spiro atoms. The molecule has 1 amide bonds. The van der Waals surface area contributed by atoms with E-state index in [4.69, 9.17) is 9.47 Å². The van der Waals surface area contributed by atoms with Crippen molar-refractivity contribution in [3.05, 3.63) is 83.7 Å². The Kier molecular flexibility index (Phi) is 6.36. The van der Waals surface area contributed by atoms with Gasteiger partial charge in [-0.2, -0.15) is 4.31 Å². The molecule has 0 atom stereocenters. The quantitative estimate of drug-likeness (QED) is 0.518. The maximum absolute atomic E-state index is 14.4. The van der Waals surface area contributed by atoms with Gasteiger partial charge in [0, 0.05) is 11.6 Å². The molecule has 3 aromatic rings. The number of aldehydes is 1. The Labute approximate surface area is 178 Å². The fraction of sp³-hybridized carbons (Fsp3) is 0.0909. The second kappa shape index (κ2) is 8.97. The summed E-state index contributed by atoms with van der Waals surface area (Å²) in [5.74, 6) is -1.42. The summed E-state index contributed by atoms with van der Waals surface area (Å²) in [4.78, 5) is 24.3. The van der Waals surface area contributed by atoms with Gasteiger partial charge < -0.3 is 9.47 Å². The highest BCUT2D eigenvalue weighted by atomic mass is 32.2. The van der Waals surface area contributed by atoms with Crippen LogP contribution in [0.3, 0.4) is 0 Å². The molecule has 0 aliphatic carbocycles. The number of rotatable bonds is 7. The van der Waals surface area contributed by atoms with Gasteiger partial charge in [0.1, 0.15) is 22.2 Å². The number of hydrogen-bond donors (Lipinski definition) is 0. The molecule has 3 rings (SSSR count). The second-order valence-corrected chi connectivity index (χ2v) is 8.03. The van der Waals surface area contributed by atoms with Crippen LogP contribution >= 0.6 is 0 Å². The standard InChI is InChI=1S/C22H18FNO6S/c1-29-17-11-8-16(9-12-17)24(22(26)19-5-3-4-6-20(19)23)31(27,28)21-13-18(30-2)10-7-15(21)14-25/h3-14H,1-2H3. The average molecular weight is 443 g/mol. The molecule has 31 heavy (non-hydrogen) atoms. The van der Waals surface area contributed by atoms with Gasteiger partial charge >= 0.3 is 0 Å². The summed E-state index contributed by atoms with van der Waals surface area (Å²) < 4.78 is 52.1. The van der Waals surface area contributed by atoms with E-state index in [0.717, 1.165) is 12.1 Å². The molecule has 160 valence electrons. The van der Waals surface area contributed by atoms with Gasteiger partial charge in [0.15, 0.2) is 6.29 Å². The van der Waals surface area contributed by atoms with Crippen LogP contribution in [0.5, 0.6) is 11.5 Å². The summed E-state index contributed by atoms with van der Waals surface area (Å²) in [5, 5.41) is 0. The zero-order valence-corrected chi connectivity index (χ0v) is 17.4. The first-order valence-corrected chi connectivity index (χ1v) is 10.4. The van der Waals surface area contributed by atoms with Crippen LogP contribution in [0.25, 0.3) is 0 Å². The summed E-state index contributed by atoms with van der Waals surface area (Å²) in [6, 6.07) is 14.4. The van der Waals surface area contributed by atoms with Gasteiger partial charge in [-0.15, -0.1) is 0 Å². The molecule has 3 aromatic carbocycles. The number of amides is 1. The molecule has 0 fully saturated rings. The minimum atomic E-state index is -4.65. The highest BCUT2D eigenvalue weighted by Gasteiger charge is 2.35. The molecule has 0 saturated heterocycles. The van der Waals surface area contributed by atoms with Gasteiger partial charge in [-0.1, -0.05) is 12.1 Å². The first-order valence-electron chi connectivity index (χ1n) is 8.95. The van der Waals surface area contributed by atoms with Gasteiger partial charge in [0.25, 0.3) is 15.9 Å². The number of benzene rings is 3. The minimum absolute atomic E-state index is 0.0614. The van der Waals surface area contributed by atoms with Crippen molar-refractivity contribution in [2.45, 2.75) is 4.90 Å². The number of carbonyl (C=O) groups excluding carboxylic acids is 2. The Balaban J connectivity index is 2.26. The third kappa shape index (κ3) is 4.26. The van der Waals surface area contributed by atoms with Crippen molar-refractivity contribution in [3.8, 4) is 11.5 Å².